The van der Waals surface area contributed by atoms with Crippen LogP contribution in [-0.4, -0.2) is 23.4 Å². The van der Waals surface area contributed by atoms with Crippen LogP contribution in [0.2, 0.25) is 0 Å². The summed E-state index contributed by atoms with van der Waals surface area (Å²) in [6.45, 7) is 0. The molecule has 17 heavy (non-hydrogen) atoms. The van der Waals surface area contributed by atoms with Crippen molar-refractivity contribution in [2.75, 3.05) is 7.11 Å². The minimum Gasteiger partial charge on any atom is -0.466 e. The highest BCUT2D eigenvalue weighted by Gasteiger charge is 2.21. The van der Waals surface area contributed by atoms with Crippen molar-refractivity contribution in [3.8, 4) is 0 Å². The van der Waals surface area contributed by atoms with Crippen LogP contribution in [0.5, 0.6) is 0 Å². The largest absolute Gasteiger partial charge is 0.466 e. The Kier molecular flexibility index (Phi) is 3.13. The van der Waals surface area contributed by atoms with Gasteiger partial charge in [0, 0.05) is 36.5 Å². The molecule has 0 atom stereocenters. The SMILES string of the molecule is COC(=O)/C=C/c1cc2c(n1C)CCCC2=O. The lowest BCUT2D eigenvalue weighted by molar-refractivity contribution is -0.134. The van der Waals surface area contributed by atoms with E-state index in [1.165, 1.54) is 13.2 Å². The lowest BCUT2D eigenvalue weighted by atomic mass is 9.97. The Balaban J connectivity index is 2.34. The van der Waals surface area contributed by atoms with E-state index in [1.807, 2.05) is 17.7 Å². The number of carbonyl (C=O) groups is 2. The molecule has 1 aromatic heterocycles. The lowest BCUT2D eigenvalue weighted by Gasteiger charge is -2.12. The van der Waals surface area contributed by atoms with Crippen LogP contribution in [0.15, 0.2) is 12.1 Å². The van der Waals surface area contributed by atoms with E-state index < -0.39 is 5.97 Å². The smallest absolute Gasteiger partial charge is 0.330 e. The van der Waals surface area contributed by atoms with E-state index in [0.29, 0.717) is 6.42 Å². The van der Waals surface area contributed by atoms with Gasteiger partial charge in [0.15, 0.2) is 5.78 Å². The third-order valence-electron chi connectivity index (χ3n) is 3.10. The quantitative estimate of drug-likeness (QED) is 0.577. The fourth-order valence-corrected chi connectivity index (χ4v) is 2.14. The van der Waals surface area contributed by atoms with Gasteiger partial charge in [-0.2, -0.15) is 0 Å². The second-order valence-electron chi connectivity index (χ2n) is 4.12. The van der Waals surface area contributed by atoms with Crippen molar-refractivity contribution in [2.24, 2.45) is 7.05 Å². The normalized spacial score (nSPS) is 15.1. The van der Waals surface area contributed by atoms with E-state index in [4.69, 9.17) is 0 Å². The van der Waals surface area contributed by atoms with Gasteiger partial charge in [-0.1, -0.05) is 0 Å². The van der Waals surface area contributed by atoms with Crippen molar-refractivity contribution < 1.29 is 14.3 Å². The van der Waals surface area contributed by atoms with Gasteiger partial charge >= 0.3 is 5.97 Å². The summed E-state index contributed by atoms with van der Waals surface area (Å²) >= 11 is 0. The zero-order valence-electron chi connectivity index (χ0n) is 10.0. The number of Topliss-reactive ketones (excluding diaryl/α,β-unsaturated/α-hetero) is 1. The van der Waals surface area contributed by atoms with Gasteiger partial charge in [-0.05, 0) is 25.0 Å². The third kappa shape index (κ3) is 2.16. The molecule has 0 amide bonds. The van der Waals surface area contributed by atoms with Crippen molar-refractivity contribution in [1.82, 2.24) is 4.57 Å². The molecule has 2 rings (SSSR count). The van der Waals surface area contributed by atoms with E-state index in [1.54, 1.807) is 6.08 Å². The topological polar surface area (TPSA) is 48.3 Å². The molecule has 0 bridgehead atoms. The number of carbonyl (C=O) groups excluding carboxylic acids is 2. The van der Waals surface area contributed by atoms with Gasteiger partial charge in [0.2, 0.25) is 0 Å². The Labute approximate surface area is 99.9 Å². The van der Waals surface area contributed by atoms with Crippen LogP contribution in [-0.2, 0) is 23.0 Å². The minimum absolute atomic E-state index is 0.194. The summed E-state index contributed by atoms with van der Waals surface area (Å²) in [5.74, 6) is -0.199. The van der Waals surface area contributed by atoms with E-state index >= 15 is 0 Å². The number of ketones is 1. The predicted molar refractivity (Wildman–Crippen MR) is 63.7 cm³/mol. The molecule has 0 spiro atoms. The number of hydrogen-bond acceptors (Lipinski definition) is 3. The number of ether oxygens (including phenoxy) is 1. The molecule has 0 unspecified atom stereocenters. The monoisotopic (exact) mass is 233 g/mol. The number of nitrogens with zero attached hydrogens (tertiary/aromatic N) is 1. The number of aromatic nitrogens is 1. The maximum Gasteiger partial charge on any atom is 0.330 e. The first-order valence-electron chi connectivity index (χ1n) is 5.61. The third-order valence-corrected chi connectivity index (χ3v) is 3.10. The van der Waals surface area contributed by atoms with Gasteiger partial charge in [0.1, 0.15) is 0 Å². The Morgan fingerprint density at radius 2 is 2.24 bits per heavy atom. The van der Waals surface area contributed by atoms with Crippen molar-refractivity contribution in [2.45, 2.75) is 19.3 Å². The molecule has 0 aliphatic heterocycles. The Bertz CT molecular complexity index is 497. The number of methoxy groups -OCH3 is 1. The summed E-state index contributed by atoms with van der Waals surface area (Å²) in [6, 6.07) is 1.84. The first-order valence-corrected chi connectivity index (χ1v) is 5.61. The summed E-state index contributed by atoms with van der Waals surface area (Å²) in [4.78, 5) is 22.7. The minimum atomic E-state index is -0.393. The second kappa shape index (κ2) is 4.57. The molecule has 1 aliphatic carbocycles. The molecule has 0 fully saturated rings. The predicted octanol–water partition coefficient (Wildman–Crippen LogP) is 1.73. The molecule has 90 valence electrons. The van der Waals surface area contributed by atoms with Crippen LogP contribution in [0.4, 0.5) is 0 Å². The van der Waals surface area contributed by atoms with Crippen LogP contribution in [0.1, 0.15) is 34.6 Å². The van der Waals surface area contributed by atoms with Crippen LogP contribution >= 0.6 is 0 Å². The highest BCUT2D eigenvalue weighted by Crippen LogP contribution is 2.24. The average molecular weight is 233 g/mol. The van der Waals surface area contributed by atoms with Crippen molar-refractivity contribution in [1.29, 1.82) is 0 Å². The molecular weight excluding hydrogens is 218 g/mol. The fourth-order valence-electron chi connectivity index (χ4n) is 2.14. The molecule has 1 heterocycles. The Morgan fingerprint density at radius 3 is 2.88 bits per heavy atom. The van der Waals surface area contributed by atoms with Crippen LogP contribution in [0.3, 0.4) is 0 Å². The molecule has 0 saturated carbocycles. The molecule has 1 aromatic rings. The summed E-state index contributed by atoms with van der Waals surface area (Å²) in [7, 11) is 3.25. The molecule has 1 aliphatic rings. The standard InChI is InChI=1S/C13H15NO3/c1-14-9(6-7-13(16)17-2)8-10-11(14)4-3-5-12(10)15/h6-8H,3-5H2,1-2H3/b7-6+. The zero-order valence-corrected chi connectivity index (χ0v) is 10.0. The van der Waals surface area contributed by atoms with Crippen molar-refractivity contribution in [3.05, 3.63) is 29.1 Å². The molecular formula is C13H15NO3. The number of esters is 1. The lowest BCUT2D eigenvalue weighted by Crippen LogP contribution is -2.11. The molecule has 0 aromatic carbocycles. The molecule has 0 saturated heterocycles. The fraction of sp³-hybridized carbons (Fsp3) is 0.385. The van der Waals surface area contributed by atoms with Gasteiger partial charge in [0.05, 0.1) is 7.11 Å². The Morgan fingerprint density at radius 1 is 1.47 bits per heavy atom. The van der Waals surface area contributed by atoms with Gasteiger partial charge < -0.3 is 9.30 Å². The molecule has 4 heteroatoms. The summed E-state index contributed by atoms with van der Waals surface area (Å²) in [5.41, 5.74) is 2.71. The zero-order chi connectivity index (χ0) is 12.4. The molecule has 0 N–H and O–H groups in total. The van der Waals surface area contributed by atoms with Crippen LogP contribution in [0.25, 0.3) is 6.08 Å². The summed E-state index contributed by atoms with van der Waals surface area (Å²) in [6.07, 6.45) is 5.49. The molecule has 0 radical (unpaired) electrons. The van der Waals surface area contributed by atoms with E-state index in [2.05, 4.69) is 4.74 Å². The van der Waals surface area contributed by atoms with Gasteiger partial charge in [0.25, 0.3) is 0 Å². The van der Waals surface area contributed by atoms with Gasteiger partial charge in [-0.15, -0.1) is 0 Å². The van der Waals surface area contributed by atoms with Crippen LogP contribution in [0, 0.1) is 0 Å². The summed E-state index contributed by atoms with van der Waals surface area (Å²) in [5, 5.41) is 0. The van der Waals surface area contributed by atoms with E-state index in [9.17, 15) is 9.59 Å². The average Bonchev–Trinajstić information content (AvgIpc) is 2.65. The second-order valence-corrected chi connectivity index (χ2v) is 4.12. The van der Waals surface area contributed by atoms with E-state index in [-0.39, 0.29) is 5.78 Å². The number of rotatable bonds is 2. The van der Waals surface area contributed by atoms with E-state index in [0.717, 1.165) is 29.8 Å². The number of hydrogen-bond donors (Lipinski definition) is 0. The van der Waals surface area contributed by atoms with Crippen LogP contribution < -0.4 is 0 Å². The Hall–Kier alpha value is -1.84. The first kappa shape index (κ1) is 11.6. The van der Waals surface area contributed by atoms with Gasteiger partial charge in [-0.3, -0.25) is 4.79 Å². The number of fused-ring (bicyclic) bond motifs is 1. The van der Waals surface area contributed by atoms with Crippen molar-refractivity contribution in [3.63, 3.8) is 0 Å². The van der Waals surface area contributed by atoms with Crippen molar-refractivity contribution >= 4 is 17.8 Å². The van der Waals surface area contributed by atoms with Gasteiger partial charge in [-0.25, -0.2) is 4.79 Å². The maximum absolute atomic E-state index is 11.7. The molecule has 4 nitrogen and oxygen atoms in total. The first-order chi connectivity index (χ1) is 8.13. The summed E-state index contributed by atoms with van der Waals surface area (Å²) < 4.78 is 6.50. The maximum atomic E-state index is 11.7. The highest BCUT2D eigenvalue weighted by molar-refractivity contribution is 5.99. The highest BCUT2D eigenvalue weighted by atomic mass is 16.5.